The topological polar surface area (TPSA) is 192 Å². The quantitative estimate of drug-likeness (QED) is 0.206. The Bertz CT molecular complexity index is 1000. The number of aliphatic carboxylic acids is 1. The maximum absolute atomic E-state index is 12.4. The minimum atomic E-state index is -1.68. The van der Waals surface area contributed by atoms with Gasteiger partial charge in [-0.25, -0.2) is 9.59 Å². The number of esters is 1. The van der Waals surface area contributed by atoms with Gasteiger partial charge in [-0.2, -0.15) is 0 Å². The van der Waals surface area contributed by atoms with Crippen LogP contribution in [-0.4, -0.2) is 92.8 Å². The first kappa shape index (κ1) is 25.1. The second kappa shape index (κ2) is 10.3. The van der Waals surface area contributed by atoms with Crippen LogP contribution in [0.3, 0.4) is 0 Å². The van der Waals surface area contributed by atoms with Crippen LogP contribution in [0.2, 0.25) is 0 Å². The van der Waals surface area contributed by atoms with E-state index in [9.17, 15) is 40.2 Å². The average Bonchev–Trinajstić information content (AvgIpc) is 3.27. The SMILES string of the molecule is O=C(O)C1=CO[C@@H](O[C@@H]2O[C@H](CO)[C@@H](O)[C@H](O)[C@H]2O)[C@@H]2C(COC(=O)c3ccc(O)cc3)=CC[C@H]12. The number of aliphatic hydroxyl groups is 4. The molecule has 0 saturated carbocycles. The summed E-state index contributed by atoms with van der Waals surface area (Å²) in [5.41, 5.74) is 0.710. The minimum Gasteiger partial charge on any atom is -0.508 e. The van der Waals surface area contributed by atoms with Gasteiger partial charge >= 0.3 is 11.9 Å². The lowest BCUT2D eigenvalue weighted by Gasteiger charge is -2.42. The van der Waals surface area contributed by atoms with Gasteiger partial charge in [0.05, 0.1) is 29.9 Å². The highest BCUT2D eigenvalue weighted by Gasteiger charge is 2.49. The fourth-order valence-electron chi connectivity index (χ4n) is 4.44. The molecule has 1 saturated heterocycles. The molecule has 2 heterocycles. The summed E-state index contributed by atoms with van der Waals surface area (Å²) in [7, 11) is 0. The predicted octanol–water partition coefficient (Wildman–Crippen LogP) is -0.747. The largest absolute Gasteiger partial charge is 0.508 e. The monoisotopic (exact) mass is 494 g/mol. The normalized spacial score (nSPS) is 34.3. The number of carboxylic acids is 1. The van der Waals surface area contributed by atoms with E-state index in [4.69, 9.17) is 18.9 Å². The highest BCUT2D eigenvalue weighted by Crippen LogP contribution is 2.44. The summed E-state index contributed by atoms with van der Waals surface area (Å²) in [6.45, 7) is -0.852. The van der Waals surface area contributed by atoms with Crippen molar-refractivity contribution in [2.45, 2.75) is 43.4 Å². The number of phenolic OH excluding ortho intramolecular Hbond substituents is 1. The van der Waals surface area contributed by atoms with E-state index in [-0.39, 0.29) is 23.5 Å². The fraction of sp³-hybridized carbons (Fsp3) is 0.478. The van der Waals surface area contributed by atoms with Crippen LogP contribution in [0.15, 0.2) is 47.7 Å². The van der Waals surface area contributed by atoms with Crippen LogP contribution in [0.5, 0.6) is 5.75 Å². The highest BCUT2D eigenvalue weighted by molar-refractivity contribution is 5.89. The molecule has 12 heteroatoms. The fourth-order valence-corrected chi connectivity index (χ4v) is 4.44. The van der Waals surface area contributed by atoms with E-state index in [2.05, 4.69) is 0 Å². The number of carbonyl (C=O) groups excluding carboxylic acids is 1. The number of carbonyl (C=O) groups is 2. The molecule has 190 valence electrons. The number of carboxylic acid groups (broad SMARTS) is 1. The second-order valence-electron chi connectivity index (χ2n) is 8.49. The Morgan fingerprint density at radius 2 is 1.74 bits per heavy atom. The van der Waals surface area contributed by atoms with Crippen molar-refractivity contribution < 1.29 is 59.2 Å². The van der Waals surface area contributed by atoms with Gasteiger partial charge in [-0.15, -0.1) is 0 Å². The van der Waals surface area contributed by atoms with E-state index < -0.39 is 67.4 Å². The number of aliphatic hydroxyl groups excluding tert-OH is 4. The van der Waals surface area contributed by atoms with Crippen molar-refractivity contribution in [3.05, 3.63) is 53.3 Å². The molecule has 1 aromatic carbocycles. The van der Waals surface area contributed by atoms with Crippen LogP contribution >= 0.6 is 0 Å². The lowest BCUT2D eigenvalue weighted by molar-refractivity contribution is -0.339. The van der Waals surface area contributed by atoms with Crippen LogP contribution in [-0.2, 0) is 23.7 Å². The van der Waals surface area contributed by atoms with Gasteiger partial charge in [0.2, 0.25) is 6.29 Å². The van der Waals surface area contributed by atoms with Crippen LogP contribution < -0.4 is 0 Å². The van der Waals surface area contributed by atoms with Crippen LogP contribution in [0, 0.1) is 11.8 Å². The summed E-state index contributed by atoms with van der Waals surface area (Å²) in [6, 6.07) is 5.46. The van der Waals surface area contributed by atoms with Crippen LogP contribution in [0.1, 0.15) is 16.8 Å². The predicted molar refractivity (Wildman–Crippen MR) is 114 cm³/mol. The molecule has 1 aromatic rings. The van der Waals surface area contributed by atoms with E-state index in [1.807, 2.05) is 0 Å². The van der Waals surface area contributed by atoms with Gasteiger partial charge in [-0.05, 0) is 36.3 Å². The van der Waals surface area contributed by atoms with Crippen LogP contribution in [0.25, 0.3) is 0 Å². The summed E-state index contributed by atoms with van der Waals surface area (Å²) in [6.07, 6.45) is -5.76. The molecule has 3 aliphatic rings. The summed E-state index contributed by atoms with van der Waals surface area (Å²) >= 11 is 0. The Morgan fingerprint density at radius 1 is 1.03 bits per heavy atom. The molecule has 0 unspecified atom stereocenters. The molecule has 1 fully saturated rings. The van der Waals surface area contributed by atoms with E-state index in [0.29, 0.717) is 12.0 Å². The molecule has 1 aliphatic carbocycles. The first-order chi connectivity index (χ1) is 16.7. The maximum Gasteiger partial charge on any atom is 0.338 e. The lowest BCUT2D eigenvalue weighted by atomic mass is 9.83. The van der Waals surface area contributed by atoms with E-state index in [1.54, 1.807) is 6.08 Å². The molecule has 4 rings (SSSR count). The maximum atomic E-state index is 12.4. The zero-order valence-corrected chi connectivity index (χ0v) is 18.3. The third-order valence-electron chi connectivity index (χ3n) is 6.35. The average molecular weight is 494 g/mol. The van der Waals surface area contributed by atoms with Gasteiger partial charge in [-0.1, -0.05) is 6.08 Å². The number of allylic oxidation sites excluding steroid dienone is 1. The zero-order chi connectivity index (χ0) is 25.3. The second-order valence-corrected chi connectivity index (χ2v) is 8.49. The standard InChI is InChI=1S/C23H26O12/c24-7-15-17(26)18(27)19(28)23(34-15)35-22-16-11(3-6-13(16)14(9-33-22)20(29)30)8-32-21(31)10-1-4-12(25)5-2-10/h1-5,9,13,15-19,22-28H,6-8H2,(H,29,30)/t13-,15-,16-,17-,18+,19-,22+,23+/m1/s1. The Morgan fingerprint density at radius 3 is 2.40 bits per heavy atom. The molecule has 0 amide bonds. The molecule has 0 spiro atoms. The molecular formula is C23H26O12. The number of phenols is 1. The molecule has 2 aliphatic heterocycles. The lowest BCUT2D eigenvalue weighted by Crippen LogP contribution is -2.60. The summed E-state index contributed by atoms with van der Waals surface area (Å²) in [5, 5.41) is 58.7. The Hall–Kier alpha value is -3.00. The van der Waals surface area contributed by atoms with Crippen molar-refractivity contribution in [3.8, 4) is 5.75 Å². The number of ether oxygens (including phenoxy) is 4. The number of benzene rings is 1. The molecular weight excluding hydrogens is 468 g/mol. The molecule has 35 heavy (non-hydrogen) atoms. The van der Waals surface area contributed by atoms with E-state index >= 15 is 0 Å². The molecule has 0 bridgehead atoms. The molecule has 6 N–H and O–H groups in total. The van der Waals surface area contributed by atoms with Crippen molar-refractivity contribution in [2.24, 2.45) is 11.8 Å². The number of hydrogen-bond donors (Lipinski definition) is 6. The third kappa shape index (κ3) is 5.03. The molecule has 8 atom stereocenters. The van der Waals surface area contributed by atoms with E-state index in [0.717, 1.165) is 6.26 Å². The summed E-state index contributed by atoms with van der Waals surface area (Å²) in [5.74, 6) is -3.18. The summed E-state index contributed by atoms with van der Waals surface area (Å²) in [4.78, 5) is 24.1. The van der Waals surface area contributed by atoms with Gasteiger partial charge in [-0.3, -0.25) is 0 Å². The van der Waals surface area contributed by atoms with Crippen molar-refractivity contribution in [1.82, 2.24) is 0 Å². The van der Waals surface area contributed by atoms with Crippen molar-refractivity contribution >= 4 is 11.9 Å². The Kier molecular flexibility index (Phi) is 7.40. The van der Waals surface area contributed by atoms with E-state index in [1.165, 1.54) is 24.3 Å². The van der Waals surface area contributed by atoms with Gasteiger partial charge < -0.3 is 49.6 Å². The first-order valence-corrected chi connectivity index (χ1v) is 10.9. The van der Waals surface area contributed by atoms with Crippen LogP contribution in [0.4, 0.5) is 0 Å². The molecule has 0 radical (unpaired) electrons. The number of hydrogen-bond acceptors (Lipinski definition) is 11. The highest BCUT2D eigenvalue weighted by atomic mass is 16.8. The number of aromatic hydroxyl groups is 1. The van der Waals surface area contributed by atoms with Gasteiger partial charge in [0.25, 0.3) is 0 Å². The smallest absolute Gasteiger partial charge is 0.338 e. The molecule has 12 nitrogen and oxygen atoms in total. The number of rotatable bonds is 7. The summed E-state index contributed by atoms with van der Waals surface area (Å²) < 4.78 is 22.0. The van der Waals surface area contributed by atoms with Crippen molar-refractivity contribution in [2.75, 3.05) is 13.2 Å². The van der Waals surface area contributed by atoms with Crippen molar-refractivity contribution in [3.63, 3.8) is 0 Å². The third-order valence-corrected chi connectivity index (χ3v) is 6.35. The molecule has 0 aromatic heterocycles. The van der Waals surface area contributed by atoms with Gasteiger partial charge in [0, 0.05) is 5.92 Å². The minimum absolute atomic E-state index is 0.0107. The Labute approximate surface area is 199 Å². The Balaban J connectivity index is 1.50. The number of fused-ring (bicyclic) bond motifs is 1. The van der Waals surface area contributed by atoms with Gasteiger partial charge in [0.15, 0.2) is 6.29 Å². The first-order valence-electron chi connectivity index (χ1n) is 10.9. The van der Waals surface area contributed by atoms with Gasteiger partial charge in [0.1, 0.15) is 36.8 Å². The zero-order valence-electron chi connectivity index (χ0n) is 18.3. The van der Waals surface area contributed by atoms with Crippen molar-refractivity contribution in [1.29, 1.82) is 0 Å².